The molecular formula is C15H13F3N. The Morgan fingerprint density at radius 3 is 2.21 bits per heavy atom. The fraction of sp³-hybridized carbons (Fsp3) is 0.133. The Labute approximate surface area is 110 Å². The smallest absolute Gasteiger partial charge is 0.280 e. The molecule has 0 bridgehead atoms. The number of hydrogen-bond acceptors (Lipinski definition) is 1. The van der Waals surface area contributed by atoms with Crippen molar-refractivity contribution in [1.29, 1.82) is 0 Å². The second-order valence-electron chi connectivity index (χ2n) is 4.21. The Morgan fingerprint density at radius 1 is 0.947 bits per heavy atom. The second-order valence-corrected chi connectivity index (χ2v) is 4.21. The highest BCUT2D eigenvalue weighted by Gasteiger charge is 2.37. The molecule has 0 aromatic heterocycles. The third-order valence-corrected chi connectivity index (χ3v) is 2.71. The Balaban J connectivity index is 2.32. The zero-order valence-corrected chi connectivity index (χ0v) is 10.2. The highest BCUT2D eigenvalue weighted by molar-refractivity contribution is 5.50. The van der Waals surface area contributed by atoms with Gasteiger partial charge in [0.25, 0.3) is 0 Å². The average Bonchev–Trinajstić information content (AvgIpc) is 2.36. The normalized spacial score (nSPS) is 11.4. The van der Waals surface area contributed by atoms with Crippen molar-refractivity contribution < 1.29 is 13.2 Å². The molecular weight excluding hydrogens is 251 g/mol. The van der Waals surface area contributed by atoms with Crippen LogP contribution in [-0.4, -0.2) is 6.30 Å². The Bertz CT molecular complexity index is 535. The quantitative estimate of drug-likeness (QED) is 0.743. The van der Waals surface area contributed by atoms with Gasteiger partial charge in [0.1, 0.15) is 0 Å². The molecule has 0 N–H and O–H groups in total. The molecule has 1 radical (unpaired) electrons. The van der Waals surface area contributed by atoms with Gasteiger partial charge >= 0.3 is 6.30 Å². The molecule has 2 aromatic rings. The Hall–Kier alpha value is -1.97. The molecule has 0 amide bonds. The number of anilines is 1. The van der Waals surface area contributed by atoms with Crippen LogP contribution in [0.25, 0.3) is 0 Å². The molecule has 19 heavy (non-hydrogen) atoms. The van der Waals surface area contributed by atoms with Crippen molar-refractivity contribution in [3.63, 3.8) is 0 Å². The maximum absolute atomic E-state index is 13.1. The molecule has 4 heteroatoms. The molecule has 1 nitrogen and oxygen atoms in total. The van der Waals surface area contributed by atoms with Crippen molar-refractivity contribution in [3.05, 3.63) is 72.6 Å². The van der Waals surface area contributed by atoms with Gasteiger partial charge in [-0.05, 0) is 30.2 Å². The predicted octanol–water partition coefficient (Wildman–Crippen LogP) is 4.40. The molecule has 0 unspecified atom stereocenters. The van der Waals surface area contributed by atoms with E-state index in [0.717, 1.165) is 0 Å². The number of benzene rings is 2. The molecule has 0 fully saturated rings. The summed E-state index contributed by atoms with van der Waals surface area (Å²) in [6.07, 6.45) is -4.43. The van der Waals surface area contributed by atoms with E-state index in [1.165, 1.54) is 12.1 Å². The molecule has 0 heterocycles. The summed E-state index contributed by atoms with van der Waals surface area (Å²) < 4.78 is 39.4. The Morgan fingerprint density at radius 2 is 1.63 bits per heavy atom. The lowest BCUT2D eigenvalue weighted by molar-refractivity contribution is -0.130. The molecule has 2 aromatic carbocycles. The standard InChI is InChI=1S/C15H13F3N/c1-12-6-5-9-14(10-12)19(15(16,17)18)11-13-7-3-2-4-8-13/h2-10H,1,11H2. The number of alkyl halides is 3. The molecule has 0 atom stereocenters. The fourth-order valence-electron chi connectivity index (χ4n) is 1.82. The van der Waals surface area contributed by atoms with Crippen LogP contribution in [0.3, 0.4) is 0 Å². The molecule has 0 saturated heterocycles. The van der Waals surface area contributed by atoms with Gasteiger partial charge in [-0.3, -0.25) is 4.90 Å². The van der Waals surface area contributed by atoms with E-state index < -0.39 is 6.30 Å². The molecule has 2 rings (SSSR count). The monoisotopic (exact) mass is 264 g/mol. The maximum Gasteiger partial charge on any atom is 0.485 e. The lowest BCUT2D eigenvalue weighted by Gasteiger charge is -2.27. The first-order valence-electron chi connectivity index (χ1n) is 5.77. The first-order chi connectivity index (χ1) is 8.97. The minimum atomic E-state index is -4.43. The summed E-state index contributed by atoms with van der Waals surface area (Å²) in [4.78, 5) is 0.414. The summed E-state index contributed by atoms with van der Waals surface area (Å²) >= 11 is 0. The summed E-state index contributed by atoms with van der Waals surface area (Å²) in [5, 5.41) is 0. The Kier molecular flexibility index (Phi) is 3.79. The van der Waals surface area contributed by atoms with E-state index in [1.54, 1.807) is 42.5 Å². The van der Waals surface area contributed by atoms with Gasteiger partial charge in [0.05, 0.1) is 6.54 Å². The largest absolute Gasteiger partial charge is 0.485 e. The molecule has 0 spiro atoms. The van der Waals surface area contributed by atoms with Crippen molar-refractivity contribution in [2.75, 3.05) is 4.90 Å². The van der Waals surface area contributed by atoms with Gasteiger partial charge in [-0.15, -0.1) is 0 Å². The van der Waals surface area contributed by atoms with Gasteiger partial charge < -0.3 is 0 Å². The van der Waals surface area contributed by atoms with Gasteiger partial charge in [0, 0.05) is 5.69 Å². The predicted molar refractivity (Wildman–Crippen MR) is 69.6 cm³/mol. The van der Waals surface area contributed by atoms with Gasteiger partial charge in [0.15, 0.2) is 0 Å². The van der Waals surface area contributed by atoms with Gasteiger partial charge in [-0.25, -0.2) is 0 Å². The van der Waals surface area contributed by atoms with Crippen LogP contribution >= 0.6 is 0 Å². The van der Waals surface area contributed by atoms with Crippen molar-refractivity contribution in [3.8, 4) is 0 Å². The first-order valence-corrected chi connectivity index (χ1v) is 5.77. The summed E-state index contributed by atoms with van der Waals surface area (Å²) in [7, 11) is 0. The number of halogens is 3. The SMILES string of the molecule is [CH2]c1cccc(N(Cc2ccccc2)C(F)(F)F)c1. The fourth-order valence-corrected chi connectivity index (χ4v) is 1.82. The van der Waals surface area contributed by atoms with E-state index in [0.29, 0.717) is 16.0 Å². The van der Waals surface area contributed by atoms with E-state index in [1.807, 2.05) is 0 Å². The summed E-state index contributed by atoms with van der Waals surface area (Å²) in [5.74, 6) is 0. The van der Waals surface area contributed by atoms with Crippen LogP contribution < -0.4 is 4.90 Å². The van der Waals surface area contributed by atoms with Gasteiger partial charge in [-0.1, -0.05) is 42.5 Å². The van der Waals surface area contributed by atoms with Crippen LogP contribution in [0.15, 0.2) is 54.6 Å². The molecule has 0 aliphatic rings. The first kappa shape index (κ1) is 13.5. The average molecular weight is 264 g/mol. The van der Waals surface area contributed by atoms with Crippen LogP contribution in [0, 0.1) is 6.92 Å². The van der Waals surface area contributed by atoms with E-state index in [2.05, 4.69) is 6.92 Å². The van der Waals surface area contributed by atoms with Crippen molar-refractivity contribution in [2.24, 2.45) is 0 Å². The van der Waals surface area contributed by atoms with Crippen molar-refractivity contribution in [2.45, 2.75) is 12.8 Å². The van der Waals surface area contributed by atoms with E-state index >= 15 is 0 Å². The lowest BCUT2D eigenvalue weighted by atomic mass is 10.1. The van der Waals surface area contributed by atoms with Crippen LogP contribution in [0.1, 0.15) is 11.1 Å². The summed E-state index contributed by atoms with van der Waals surface area (Å²) in [6, 6.07) is 14.7. The molecule has 0 aliphatic heterocycles. The lowest BCUT2D eigenvalue weighted by Crippen LogP contribution is -2.37. The van der Waals surface area contributed by atoms with Crippen LogP contribution in [0.5, 0.6) is 0 Å². The third-order valence-electron chi connectivity index (χ3n) is 2.71. The molecule has 0 saturated carbocycles. The van der Waals surface area contributed by atoms with E-state index in [9.17, 15) is 13.2 Å². The summed E-state index contributed by atoms with van der Waals surface area (Å²) in [5.41, 5.74) is 1.26. The maximum atomic E-state index is 13.1. The minimum Gasteiger partial charge on any atom is -0.280 e. The minimum absolute atomic E-state index is 0.101. The highest BCUT2D eigenvalue weighted by atomic mass is 19.4. The van der Waals surface area contributed by atoms with E-state index in [4.69, 9.17) is 0 Å². The van der Waals surface area contributed by atoms with E-state index in [-0.39, 0.29) is 12.2 Å². The zero-order chi connectivity index (χ0) is 13.9. The molecule has 0 aliphatic carbocycles. The van der Waals surface area contributed by atoms with Gasteiger partial charge in [-0.2, -0.15) is 13.2 Å². The zero-order valence-electron chi connectivity index (χ0n) is 10.2. The van der Waals surface area contributed by atoms with Crippen LogP contribution in [0.2, 0.25) is 0 Å². The van der Waals surface area contributed by atoms with Crippen LogP contribution in [-0.2, 0) is 6.54 Å². The van der Waals surface area contributed by atoms with Crippen LogP contribution in [0.4, 0.5) is 18.9 Å². The van der Waals surface area contributed by atoms with Crippen molar-refractivity contribution in [1.82, 2.24) is 0 Å². The highest BCUT2D eigenvalue weighted by Crippen LogP contribution is 2.30. The van der Waals surface area contributed by atoms with Gasteiger partial charge in [0.2, 0.25) is 0 Å². The summed E-state index contributed by atoms with van der Waals surface area (Å²) in [6.45, 7) is 3.44. The molecule has 99 valence electrons. The number of rotatable bonds is 3. The number of hydrogen-bond donors (Lipinski definition) is 0. The number of nitrogens with zero attached hydrogens (tertiary/aromatic N) is 1. The topological polar surface area (TPSA) is 3.24 Å². The third kappa shape index (κ3) is 3.50. The second kappa shape index (κ2) is 5.34. The van der Waals surface area contributed by atoms with Crippen molar-refractivity contribution >= 4 is 5.69 Å².